The molecule has 0 aliphatic rings. The highest BCUT2D eigenvalue weighted by atomic mass is 16.2. The summed E-state index contributed by atoms with van der Waals surface area (Å²) < 4.78 is 0. The van der Waals surface area contributed by atoms with Crippen LogP contribution in [0.15, 0.2) is 24.5 Å². The highest BCUT2D eigenvalue weighted by molar-refractivity contribution is 5.76. The standard InChI is InChI=1S/C12H18N2O/c1-3-5-12(15)14(4-2)10-11-6-8-13-9-7-11/h6-9H,3-5,10H2,1-2H3. The second-order valence-corrected chi connectivity index (χ2v) is 3.51. The van der Waals surface area contributed by atoms with Gasteiger partial charge in [-0.15, -0.1) is 0 Å². The summed E-state index contributed by atoms with van der Waals surface area (Å²) in [6, 6.07) is 3.89. The summed E-state index contributed by atoms with van der Waals surface area (Å²) in [7, 11) is 0. The number of hydrogen-bond acceptors (Lipinski definition) is 2. The van der Waals surface area contributed by atoms with Crippen molar-refractivity contribution in [2.45, 2.75) is 33.2 Å². The lowest BCUT2D eigenvalue weighted by Gasteiger charge is -2.20. The molecule has 0 aliphatic carbocycles. The zero-order valence-corrected chi connectivity index (χ0v) is 9.44. The average Bonchev–Trinajstić information content (AvgIpc) is 2.27. The lowest BCUT2D eigenvalue weighted by Crippen LogP contribution is -2.29. The van der Waals surface area contributed by atoms with Gasteiger partial charge in [-0.1, -0.05) is 6.92 Å². The van der Waals surface area contributed by atoms with Gasteiger partial charge in [0.05, 0.1) is 0 Å². The Morgan fingerprint density at radius 3 is 2.53 bits per heavy atom. The van der Waals surface area contributed by atoms with Crippen molar-refractivity contribution in [3.8, 4) is 0 Å². The first-order valence-corrected chi connectivity index (χ1v) is 5.44. The van der Waals surface area contributed by atoms with Gasteiger partial charge in [0.15, 0.2) is 0 Å². The zero-order valence-electron chi connectivity index (χ0n) is 9.44. The maximum atomic E-state index is 11.7. The van der Waals surface area contributed by atoms with E-state index in [-0.39, 0.29) is 5.91 Å². The molecule has 0 saturated heterocycles. The molecule has 0 radical (unpaired) electrons. The van der Waals surface area contributed by atoms with Crippen molar-refractivity contribution in [2.24, 2.45) is 0 Å². The van der Waals surface area contributed by atoms with E-state index in [1.54, 1.807) is 12.4 Å². The zero-order chi connectivity index (χ0) is 11.1. The van der Waals surface area contributed by atoms with Crippen molar-refractivity contribution in [2.75, 3.05) is 6.54 Å². The van der Waals surface area contributed by atoms with E-state index in [0.29, 0.717) is 13.0 Å². The SMILES string of the molecule is CCCC(=O)N(CC)Cc1ccncc1. The van der Waals surface area contributed by atoms with Crippen LogP contribution in [-0.4, -0.2) is 22.3 Å². The van der Waals surface area contributed by atoms with E-state index in [4.69, 9.17) is 0 Å². The number of carbonyl (C=O) groups is 1. The van der Waals surface area contributed by atoms with Crippen LogP contribution in [0.2, 0.25) is 0 Å². The van der Waals surface area contributed by atoms with Crippen LogP contribution in [0.5, 0.6) is 0 Å². The van der Waals surface area contributed by atoms with E-state index in [1.165, 1.54) is 0 Å². The van der Waals surface area contributed by atoms with Gasteiger partial charge in [0.2, 0.25) is 5.91 Å². The summed E-state index contributed by atoms with van der Waals surface area (Å²) in [5.41, 5.74) is 1.14. The van der Waals surface area contributed by atoms with Gasteiger partial charge >= 0.3 is 0 Å². The topological polar surface area (TPSA) is 33.2 Å². The normalized spacial score (nSPS) is 10.0. The number of nitrogens with zero attached hydrogens (tertiary/aromatic N) is 2. The van der Waals surface area contributed by atoms with Crippen LogP contribution in [0.3, 0.4) is 0 Å². The second-order valence-electron chi connectivity index (χ2n) is 3.51. The molecule has 1 rings (SSSR count). The number of aromatic nitrogens is 1. The fourth-order valence-electron chi connectivity index (χ4n) is 1.46. The largest absolute Gasteiger partial charge is 0.339 e. The van der Waals surface area contributed by atoms with Crippen LogP contribution in [0.25, 0.3) is 0 Å². The van der Waals surface area contributed by atoms with Gasteiger partial charge < -0.3 is 4.90 Å². The Bertz CT molecular complexity index is 298. The molecule has 0 N–H and O–H groups in total. The number of amides is 1. The molecule has 3 heteroatoms. The van der Waals surface area contributed by atoms with Crippen molar-refractivity contribution in [3.63, 3.8) is 0 Å². The molecule has 3 nitrogen and oxygen atoms in total. The molecule has 0 aromatic carbocycles. The fraction of sp³-hybridized carbons (Fsp3) is 0.500. The first-order valence-electron chi connectivity index (χ1n) is 5.44. The molecule has 0 unspecified atom stereocenters. The quantitative estimate of drug-likeness (QED) is 0.740. The van der Waals surface area contributed by atoms with Crippen molar-refractivity contribution in [1.82, 2.24) is 9.88 Å². The van der Waals surface area contributed by atoms with Gasteiger partial charge in [0.25, 0.3) is 0 Å². The van der Waals surface area contributed by atoms with Crippen LogP contribution < -0.4 is 0 Å². The van der Waals surface area contributed by atoms with Crippen LogP contribution in [0.1, 0.15) is 32.3 Å². The summed E-state index contributed by atoms with van der Waals surface area (Å²) in [6.45, 7) is 5.49. The summed E-state index contributed by atoms with van der Waals surface area (Å²) in [5.74, 6) is 0.233. The van der Waals surface area contributed by atoms with Crippen LogP contribution >= 0.6 is 0 Å². The van der Waals surface area contributed by atoms with E-state index in [9.17, 15) is 4.79 Å². The Kier molecular flexibility index (Phi) is 4.81. The lowest BCUT2D eigenvalue weighted by atomic mass is 10.2. The van der Waals surface area contributed by atoms with Gasteiger partial charge in [-0.05, 0) is 31.0 Å². The third-order valence-electron chi connectivity index (χ3n) is 2.32. The molecule has 82 valence electrons. The van der Waals surface area contributed by atoms with Crippen LogP contribution in [-0.2, 0) is 11.3 Å². The first kappa shape index (κ1) is 11.7. The van der Waals surface area contributed by atoms with Gasteiger partial charge in [0, 0.05) is 31.9 Å². The predicted octanol–water partition coefficient (Wildman–Crippen LogP) is 2.23. The highest BCUT2D eigenvalue weighted by Crippen LogP contribution is 2.05. The maximum Gasteiger partial charge on any atom is 0.222 e. The van der Waals surface area contributed by atoms with Crippen LogP contribution in [0, 0.1) is 0 Å². The minimum Gasteiger partial charge on any atom is -0.339 e. The summed E-state index contributed by atoms with van der Waals surface area (Å²) in [5, 5.41) is 0. The van der Waals surface area contributed by atoms with Crippen LogP contribution in [0.4, 0.5) is 0 Å². The predicted molar refractivity (Wildman–Crippen MR) is 60.2 cm³/mol. The van der Waals surface area contributed by atoms with E-state index in [0.717, 1.165) is 18.5 Å². The van der Waals surface area contributed by atoms with E-state index < -0.39 is 0 Å². The Balaban J connectivity index is 2.58. The molecule has 0 bridgehead atoms. The lowest BCUT2D eigenvalue weighted by molar-refractivity contribution is -0.131. The van der Waals surface area contributed by atoms with Crippen molar-refractivity contribution >= 4 is 5.91 Å². The minimum absolute atomic E-state index is 0.233. The third kappa shape index (κ3) is 3.70. The van der Waals surface area contributed by atoms with Gasteiger partial charge in [0.1, 0.15) is 0 Å². The fourth-order valence-corrected chi connectivity index (χ4v) is 1.46. The molecular weight excluding hydrogens is 188 g/mol. The molecule has 0 atom stereocenters. The summed E-state index contributed by atoms with van der Waals surface area (Å²) in [6.07, 6.45) is 5.06. The Hall–Kier alpha value is -1.38. The Morgan fingerprint density at radius 2 is 2.00 bits per heavy atom. The Labute approximate surface area is 91.1 Å². The molecule has 0 saturated carbocycles. The Morgan fingerprint density at radius 1 is 1.33 bits per heavy atom. The summed E-state index contributed by atoms with van der Waals surface area (Å²) >= 11 is 0. The molecule has 1 aromatic rings. The molecular formula is C12H18N2O. The molecule has 15 heavy (non-hydrogen) atoms. The average molecular weight is 206 g/mol. The molecule has 1 heterocycles. The van der Waals surface area contributed by atoms with Crippen molar-refractivity contribution in [3.05, 3.63) is 30.1 Å². The number of pyridine rings is 1. The second kappa shape index (κ2) is 6.17. The number of carbonyl (C=O) groups excluding carboxylic acids is 1. The highest BCUT2D eigenvalue weighted by Gasteiger charge is 2.10. The number of hydrogen-bond donors (Lipinski definition) is 0. The van der Waals surface area contributed by atoms with Crippen molar-refractivity contribution < 1.29 is 4.79 Å². The van der Waals surface area contributed by atoms with E-state index >= 15 is 0 Å². The molecule has 1 amide bonds. The molecule has 0 spiro atoms. The first-order chi connectivity index (χ1) is 7.27. The summed E-state index contributed by atoms with van der Waals surface area (Å²) in [4.78, 5) is 17.5. The minimum atomic E-state index is 0.233. The van der Waals surface area contributed by atoms with E-state index in [2.05, 4.69) is 4.98 Å². The molecule has 0 aliphatic heterocycles. The maximum absolute atomic E-state index is 11.7. The number of rotatable bonds is 5. The van der Waals surface area contributed by atoms with Gasteiger partial charge in [-0.25, -0.2) is 0 Å². The molecule has 0 fully saturated rings. The molecule has 1 aromatic heterocycles. The van der Waals surface area contributed by atoms with Crippen molar-refractivity contribution in [1.29, 1.82) is 0 Å². The van der Waals surface area contributed by atoms with Gasteiger partial charge in [-0.2, -0.15) is 0 Å². The van der Waals surface area contributed by atoms with E-state index in [1.807, 2.05) is 30.9 Å². The van der Waals surface area contributed by atoms with Gasteiger partial charge in [-0.3, -0.25) is 9.78 Å². The smallest absolute Gasteiger partial charge is 0.222 e. The third-order valence-corrected chi connectivity index (χ3v) is 2.32. The monoisotopic (exact) mass is 206 g/mol.